The highest BCUT2D eigenvalue weighted by molar-refractivity contribution is 6.17. The van der Waals surface area contributed by atoms with Crippen molar-refractivity contribution in [3.05, 3.63) is 157 Å². The van der Waals surface area contributed by atoms with Gasteiger partial charge in [-0.1, -0.05) is 84.9 Å². The van der Waals surface area contributed by atoms with Gasteiger partial charge in [0.15, 0.2) is 0 Å². The number of nitriles is 2. The van der Waals surface area contributed by atoms with E-state index in [1.54, 1.807) is 0 Å². The number of hydrogen-bond acceptors (Lipinski definition) is 3. The molecule has 49 heavy (non-hydrogen) atoms. The normalized spacial score (nSPS) is 11.6. The molecule has 0 aliphatic rings. The fourth-order valence-electron chi connectivity index (χ4n) is 7.63. The second-order valence-electron chi connectivity index (χ2n) is 12.4. The van der Waals surface area contributed by atoms with Crippen molar-refractivity contribution in [3.63, 3.8) is 0 Å². The van der Waals surface area contributed by atoms with E-state index >= 15 is 0 Å². The van der Waals surface area contributed by atoms with Crippen LogP contribution in [0.3, 0.4) is 0 Å². The molecule has 0 atom stereocenters. The van der Waals surface area contributed by atoms with E-state index in [1.165, 1.54) is 0 Å². The Bertz CT molecular complexity index is 3030. The molecule has 0 amide bonds. The van der Waals surface area contributed by atoms with Gasteiger partial charge in [0.25, 0.3) is 0 Å². The summed E-state index contributed by atoms with van der Waals surface area (Å²) in [6, 6.07) is 54.1. The van der Waals surface area contributed by atoms with Gasteiger partial charge in [0.05, 0.1) is 44.6 Å². The summed E-state index contributed by atoms with van der Waals surface area (Å²) in [7, 11) is 0. The summed E-state index contributed by atoms with van der Waals surface area (Å²) in [5, 5.41) is 27.5. The summed E-state index contributed by atoms with van der Waals surface area (Å²) in [5.41, 5.74) is 10.3. The van der Waals surface area contributed by atoms with Crippen LogP contribution in [-0.2, 0) is 0 Å². The van der Waals surface area contributed by atoms with E-state index in [2.05, 4.69) is 75.9 Å². The van der Waals surface area contributed by atoms with Crippen molar-refractivity contribution >= 4 is 65.6 Å². The maximum Gasteiger partial charge on any atom is 0.136 e. The van der Waals surface area contributed by atoms with E-state index < -0.39 is 0 Å². The molecule has 0 saturated heterocycles. The number of fused-ring (bicyclic) bond motifs is 9. The van der Waals surface area contributed by atoms with Gasteiger partial charge in [-0.3, -0.25) is 0 Å². The maximum absolute atomic E-state index is 10.5. The van der Waals surface area contributed by atoms with Crippen molar-refractivity contribution in [1.29, 1.82) is 10.5 Å². The molecule has 0 fully saturated rings. The number of aromatic nitrogens is 2. The topological polar surface area (TPSA) is 70.6 Å². The molecule has 10 aromatic rings. The van der Waals surface area contributed by atoms with Crippen molar-refractivity contribution in [2.24, 2.45) is 0 Å². The van der Waals surface area contributed by atoms with Crippen molar-refractivity contribution < 1.29 is 4.42 Å². The van der Waals surface area contributed by atoms with E-state index in [-0.39, 0.29) is 0 Å². The van der Waals surface area contributed by atoms with Gasteiger partial charge in [-0.25, -0.2) is 0 Å². The first-order valence-corrected chi connectivity index (χ1v) is 16.1. The third-order valence-corrected chi connectivity index (χ3v) is 9.80. The summed E-state index contributed by atoms with van der Waals surface area (Å²) in [5.74, 6) is 0. The van der Waals surface area contributed by atoms with Crippen LogP contribution in [0, 0.1) is 22.7 Å². The first-order valence-electron chi connectivity index (χ1n) is 16.1. The number of nitrogens with zero attached hydrogens (tertiary/aromatic N) is 4. The number of benzene rings is 7. The molecule has 0 spiro atoms. The molecule has 0 bridgehead atoms. The molecule has 10 rings (SSSR count). The summed E-state index contributed by atoms with van der Waals surface area (Å²) in [6.45, 7) is 0. The first-order chi connectivity index (χ1) is 24.2. The van der Waals surface area contributed by atoms with E-state index in [0.29, 0.717) is 11.1 Å². The molecule has 3 aromatic heterocycles. The van der Waals surface area contributed by atoms with Crippen molar-refractivity contribution in [1.82, 2.24) is 9.13 Å². The van der Waals surface area contributed by atoms with Crippen LogP contribution in [0.5, 0.6) is 0 Å². The molecule has 0 unspecified atom stereocenters. The Kier molecular flexibility index (Phi) is 5.64. The molecule has 0 aliphatic carbocycles. The quantitative estimate of drug-likeness (QED) is 0.196. The SMILES string of the molecule is N#Cc1cc(-c2ccc(-n3c4ccccc4c4cc5oc6ccccc6c5cc43)c(C#N)c2)ccc1-n1c2ccccc2c2ccccc21. The van der Waals surface area contributed by atoms with Crippen molar-refractivity contribution in [2.75, 3.05) is 0 Å². The first kappa shape index (κ1) is 27.1. The van der Waals surface area contributed by atoms with E-state index in [9.17, 15) is 10.5 Å². The molecule has 0 N–H and O–H groups in total. The van der Waals surface area contributed by atoms with Gasteiger partial charge in [0, 0.05) is 32.3 Å². The summed E-state index contributed by atoms with van der Waals surface area (Å²) in [6.07, 6.45) is 0. The van der Waals surface area contributed by atoms with Crippen LogP contribution in [0.25, 0.3) is 88.1 Å². The second-order valence-corrected chi connectivity index (χ2v) is 12.4. The summed E-state index contributed by atoms with van der Waals surface area (Å²) in [4.78, 5) is 0. The Balaban J connectivity index is 1.15. The van der Waals surface area contributed by atoms with Gasteiger partial charge in [-0.05, 0) is 71.8 Å². The van der Waals surface area contributed by atoms with Crippen LogP contribution in [0.1, 0.15) is 11.1 Å². The van der Waals surface area contributed by atoms with Gasteiger partial charge in [-0.15, -0.1) is 0 Å². The maximum atomic E-state index is 10.5. The summed E-state index contributed by atoms with van der Waals surface area (Å²) < 4.78 is 10.6. The Morgan fingerprint density at radius 2 is 0.857 bits per heavy atom. The lowest BCUT2D eigenvalue weighted by molar-refractivity contribution is 0.669. The Morgan fingerprint density at radius 3 is 1.41 bits per heavy atom. The third-order valence-electron chi connectivity index (χ3n) is 9.80. The minimum absolute atomic E-state index is 0.544. The molecule has 0 radical (unpaired) electrons. The molecule has 3 heterocycles. The zero-order chi connectivity index (χ0) is 32.6. The monoisotopic (exact) mass is 624 g/mol. The average Bonchev–Trinajstić information content (AvgIpc) is 3.80. The molecule has 5 heteroatoms. The lowest BCUT2D eigenvalue weighted by Crippen LogP contribution is -1.99. The molecule has 0 aliphatic heterocycles. The van der Waals surface area contributed by atoms with Gasteiger partial charge in [0.1, 0.15) is 23.3 Å². The van der Waals surface area contributed by atoms with Gasteiger partial charge in [0.2, 0.25) is 0 Å². The van der Waals surface area contributed by atoms with Crippen LogP contribution in [0.2, 0.25) is 0 Å². The lowest BCUT2D eigenvalue weighted by Gasteiger charge is -2.14. The standard InChI is InChI=1S/C44H24N4O/c45-25-29-21-27(17-19-37(29)47-39-13-5-1-9-31(39)32-10-2-6-14-40(32)47)28-18-20-38(30(22-28)26-46)48-41-15-7-3-11-33(41)35-24-44-36(23-42(35)48)34-12-4-8-16-43(34)49-44/h1-24H. The molecule has 0 saturated carbocycles. The van der Waals surface area contributed by atoms with Crippen LogP contribution in [-0.4, -0.2) is 9.13 Å². The predicted molar refractivity (Wildman–Crippen MR) is 197 cm³/mol. The zero-order valence-electron chi connectivity index (χ0n) is 26.1. The van der Waals surface area contributed by atoms with Crippen LogP contribution in [0.4, 0.5) is 0 Å². The molecular formula is C44H24N4O. The number of rotatable bonds is 3. The Morgan fingerprint density at radius 1 is 0.388 bits per heavy atom. The Hall–Kier alpha value is -7.08. The minimum Gasteiger partial charge on any atom is -0.456 e. The van der Waals surface area contributed by atoms with Crippen molar-refractivity contribution in [3.8, 4) is 34.6 Å². The molecule has 5 nitrogen and oxygen atoms in total. The van der Waals surface area contributed by atoms with Crippen LogP contribution in [0.15, 0.2) is 150 Å². The predicted octanol–water partition coefficient (Wildman–Crippen LogP) is 11.2. The minimum atomic E-state index is 0.544. The molecule has 226 valence electrons. The smallest absolute Gasteiger partial charge is 0.136 e. The largest absolute Gasteiger partial charge is 0.456 e. The molecule has 7 aromatic carbocycles. The highest BCUT2D eigenvalue weighted by Gasteiger charge is 2.19. The lowest BCUT2D eigenvalue weighted by atomic mass is 9.99. The van der Waals surface area contributed by atoms with Gasteiger partial charge in [-0.2, -0.15) is 10.5 Å². The van der Waals surface area contributed by atoms with E-state index in [4.69, 9.17) is 4.42 Å². The van der Waals surface area contributed by atoms with Crippen molar-refractivity contribution in [2.45, 2.75) is 0 Å². The van der Waals surface area contributed by atoms with Gasteiger partial charge < -0.3 is 13.6 Å². The fraction of sp³-hybridized carbons (Fsp3) is 0. The van der Waals surface area contributed by atoms with Crippen LogP contribution < -0.4 is 0 Å². The van der Waals surface area contributed by atoms with E-state index in [1.807, 2.05) is 91.0 Å². The van der Waals surface area contributed by atoms with Crippen LogP contribution >= 0.6 is 0 Å². The highest BCUT2D eigenvalue weighted by Crippen LogP contribution is 2.40. The van der Waals surface area contributed by atoms with Gasteiger partial charge >= 0.3 is 0 Å². The average molecular weight is 625 g/mol. The summed E-state index contributed by atoms with van der Waals surface area (Å²) >= 11 is 0. The number of hydrogen-bond donors (Lipinski definition) is 0. The number of furan rings is 1. The Labute approximate surface area is 280 Å². The highest BCUT2D eigenvalue weighted by atomic mass is 16.3. The number of para-hydroxylation sites is 4. The fourth-order valence-corrected chi connectivity index (χ4v) is 7.63. The van der Waals surface area contributed by atoms with E-state index in [0.717, 1.165) is 88.1 Å². The third kappa shape index (κ3) is 3.85. The zero-order valence-corrected chi connectivity index (χ0v) is 26.1. The second kappa shape index (κ2) is 10.2. The molecular weight excluding hydrogens is 601 g/mol.